The van der Waals surface area contributed by atoms with Crippen LogP contribution in [0.15, 0.2) is 42.5 Å². The van der Waals surface area contributed by atoms with E-state index < -0.39 is 12.1 Å². The highest BCUT2D eigenvalue weighted by molar-refractivity contribution is 5.92. The molecule has 0 amide bonds. The van der Waals surface area contributed by atoms with Crippen LogP contribution in [0.3, 0.4) is 0 Å². The third-order valence-corrected chi connectivity index (χ3v) is 2.81. The van der Waals surface area contributed by atoms with Crippen molar-refractivity contribution in [2.75, 3.05) is 7.11 Å². The molecular formula is C15H11F3O3. The molecule has 21 heavy (non-hydrogen) atoms. The van der Waals surface area contributed by atoms with Crippen LogP contribution < -0.4 is 9.47 Å². The van der Waals surface area contributed by atoms with Crippen LogP contribution >= 0.6 is 0 Å². The number of aldehydes is 1. The molecule has 0 heterocycles. The first-order valence-electron chi connectivity index (χ1n) is 5.93. The van der Waals surface area contributed by atoms with Crippen LogP contribution in [0.1, 0.15) is 10.4 Å². The monoisotopic (exact) mass is 296 g/mol. The maximum atomic E-state index is 12.4. The average Bonchev–Trinajstić information content (AvgIpc) is 2.45. The average molecular weight is 296 g/mol. The van der Waals surface area contributed by atoms with Crippen molar-refractivity contribution in [3.05, 3.63) is 48.0 Å². The molecule has 0 aliphatic carbocycles. The van der Waals surface area contributed by atoms with E-state index in [-0.39, 0.29) is 5.56 Å². The van der Waals surface area contributed by atoms with Crippen molar-refractivity contribution in [3.63, 3.8) is 0 Å². The second-order valence-corrected chi connectivity index (χ2v) is 4.08. The third-order valence-electron chi connectivity index (χ3n) is 2.81. The van der Waals surface area contributed by atoms with Crippen molar-refractivity contribution in [2.24, 2.45) is 0 Å². The molecule has 0 saturated heterocycles. The zero-order chi connectivity index (χ0) is 15.5. The van der Waals surface area contributed by atoms with Gasteiger partial charge in [0.15, 0.2) is 6.29 Å². The van der Waals surface area contributed by atoms with Crippen LogP contribution in [0, 0.1) is 0 Å². The third kappa shape index (κ3) is 3.34. The number of para-hydroxylation sites is 1. The lowest BCUT2D eigenvalue weighted by molar-refractivity contribution is -0.274. The van der Waals surface area contributed by atoms with E-state index in [1.54, 1.807) is 24.3 Å². The summed E-state index contributed by atoms with van der Waals surface area (Å²) >= 11 is 0. The van der Waals surface area contributed by atoms with E-state index in [1.165, 1.54) is 19.2 Å². The Kier molecular flexibility index (Phi) is 4.16. The predicted octanol–water partition coefficient (Wildman–Crippen LogP) is 4.07. The van der Waals surface area contributed by atoms with Crippen LogP contribution in [0.25, 0.3) is 11.1 Å². The highest BCUT2D eigenvalue weighted by atomic mass is 19.4. The smallest absolute Gasteiger partial charge is 0.496 e. The van der Waals surface area contributed by atoms with E-state index in [0.29, 0.717) is 23.2 Å². The van der Waals surface area contributed by atoms with Crippen LogP contribution in [-0.2, 0) is 0 Å². The molecule has 3 nitrogen and oxygen atoms in total. The fourth-order valence-electron chi connectivity index (χ4n) is 1.98. The van der Waals surface area contributed by atoms with Crippen LogP contribution in [-0.4, -0.2) is 19.8 Å². The first-order valence-corrected chi connectivity index (χ1v) is 5.93. The van der Waals surface area contributed by atoms with Gasteiger partial charge in [0.2, 0.25) is 0 Å². The number of alkyl halides is 3. The first-order chi connectivity index (χ1) is 9.96. The standard InChI is InChI=1S/C15H11F3O3/c1-20-13-7-3-2-5-11(13)10-6-4-8-14(12(10)9-19)21-15(16,17)18/h2-9H,1H3. The summed E-state index contributed by atoms with van der Waals surface area (Å²) in [5, 5.41) is 0. The molecule has 0 unspecified atom stereocenters. The molecule has 2 aromatic rings. The Hall–Kier alpha value is -2.50. The number of methoxy groups -OCH3 is 1. The summed E-state index contributed by atoms with van der Waals surface area (Å²) in [6, 6.07) is 10.7. The predicted molar refractivity (Wildman–Crippen MR) is 70.5 cm³/mol. The summed E-state index contributed by atoms with van der Waals surface area (Å²) in [5.74, 6) is -0.0920. The van der Waals surface area contributed by atoms with Crippen molar-refractivity contribution in [1.82, 2.24) is 0 Å². The zero-order valence-electron chi connectivity index (χ0n) is 11.0. The molecule has 0 atom stereocenters. The van der Waals surface area contributed by atoms with Gasteiger partial charge in [-0.25, -0.2) is 0 Å². The van der Waals surface area contributed by atoms with E-state index in [9.17, 15) is 18.0 Å². The molecule has 0 N–H and O–H groups in total. The molecule has 0 saturated carbocycles. The Morgan fingerprint density at radius 1 is 0.952 bits per heavy atom. The molecular weight excluding hydrogens is 285 g/mol. The summed E-state index contributed by atoms with van der Waals surface area (Å²) in [5.41, 5.74) is 0.637. The lowest BCUT2D eigenvalue weighted by Crippen LogP contribution is -2.18. The molecule has 0 aromatic heterocycles. The van der Waals surface area contributed by atoms with Gasteiger partial charge in [0, 0.05) is 5.56 Å². The van der Waals surface area contributed by atoms with Crippen LogP contribution in [0.4, 0.5) is 13.2 Å². The SMILES string of the molecule is COc1ccccc1-c1cccc(OC(F)(F)F)c1C=O. The number of ether oxygens (including phenoxy) is 2. The molecule has 0 aliphatic heterocycles. The number of carbonyl (C=O) groups is 1. The van der Waals surface area contributed by atoms with Crippen molar-refractivity contribution in [1.29, 1.82) is 0 Å². The summed E-state index contributed by atoms with van der Waals surface area (Å²) in [6.07, 6.45) is -4.53. The Labute approximate surface area is 118 Å². The number of hydrogen-bond acceptors (Lipinski definition) is 3. The molecule has 2 rings (SSSR count). The van der Waals surface area contributed by atoms with E-state index in [4.69, 9.17) is 4.74 Å². The van der Waals surface area contributed by atoms with Gasteiger partial charge in [-0.2, -0.15) is 0 Å². The minimum Gasteiger partial charge on any atom is -0.496 e. The molecule has 0 aliphatic rings. The summed E-state index contributed by atoms with van der Waals surface area (Å²) < 4.78 is 46.2. The van der Waals surface area contributed by atoms with E-state index in [2.05, 4.69) is 4.74 Å². The van der Waals surface area contributed by atoms with E-state index in [0.717, 1.165) is 6.07 Å². The Morgan fingerprint density at radius 3 is 2.19 bits per heavy atom. The maximum Gasteiger partial charge on any atom is 0.573 e. The van der Waals surface area contributed by atoms with Gasteiger partial charge in [-0.3, -0.25) is 4.79 Å². The van der Waals surface area contributed by atoms with Gasteiger partial charge in [-0.15, -0.1) is 13.2 Å². The molecule has 0 radical (unpaired) electrons. The molecule has 2 aromatic carbocycles. The Balaban J connectivity index is 2.59. The Morgan fingerprint density at radius 2 is 1.57 bits per heavy atom. The summed E-state index contributed by atoms with van der Waals surface area (Å²) in [7, 11) is 1.44. The lowest BCUT2D eigenvalue weighted by Gasteiger charge is -2.15. The van der Waals surface area contributed by atoms with Gasteiger partial charge in [-0.05, 0) is 17.7 Å². The first kappa shape index (κ1) is 14.9. The molecule has 6 heteroatoms. The van der Waals surface area contributed by atoms with Crippen LogP contribution in [0.5, 0.6) is 11.5 Å². The highest BCUT2D eigenvalue weighted by Crippen LogP contribution is 2.36. The van der Waals surface area contributed by atoms with Crippen LogP contribution in [0.2, 0.25) is 0 Å². The van der Waals surface area contributed by atoms with Crippen molar-refractivity contribution in [2.45, 2.75) is 6.36 Å². The maximum absolute atomic E-state index is 12.4. The van der Waals surface area contributed by atoms with Crippen molar-refractivity contribution < 1.29 is 27.4 Å². The minimum atomic E-state index is -4.86. The quantitative estimate of drug-likeness (QED) is 0.798. The number of carbonyl (C=O) groups excluding carboxylic acids is 1. The van der Waals surface area contributed by atoms with Gasteiger partial charge >= 0.3 is 6.36 Å². The lowest BCUT2D eigenvalue weighted by atomic mass is 9.99. The molecule has 110 valence electrons. The van der Waals surface area contributed by atoms with Crippen molar-refractivity contribution >= 4 is 6.29 Å². The highest BCUT2D eigenvalue weighted by Gasteiger charge is 2.32. The topological polar surface area (TPSA) is 35.5 Å². The molecule has 0 fully saturated rings. The normalized spacial score (nSPS) is 11.0. The minimum absolute atomic E-state index is 0.181. The second kappa shape index (κ2) is 5.87. The Bertz CT molecular complexity index is 651. The van der Waals surface area contributed by atoms with Gasteiger partial charge < -0.3 is 9.47 Å². The fourth-order valence-corrected chi connectivity index (χ4v) is 1.98. The number of rotatable bonds is 4. The summed E-state index contributed by atoms with van der Waals surface area (Å²) in [4.78, 5) is 11.2. The summed E-state index contributed by atoms with van der Waals surface area (Å²) in [6.45, 7) is 0. The van der Waals surface area contributed by atoms with Gasteiger partial charge in [-0.1, -0.05) is 30.3 Å². The number of benzene rings is 2. The number of hydrogen-bond donors (Lipinski definition) is 0. The van der Waals surface area contributed by atoms with Gasteiger partial charge in [0.1, 0.15) is 11.5 Å². The van der Waals surface area contributed by atoms with Crippen molar-refractivity contribution in [3.8, 4) is 22.6 Å². The fraction of sp³-hybridized carbons (Fsp3) is 0.133. The largest absolute Gasteiger partial charge is 0.573 e. The van der Waals surface area contributed by atoms with Gasteiger partial charge in [0.05, 0.1) is 12.7 Å². The van der Waals surface area contributed by atoms with Gasteiger partial charge in [0.25, 0.3) is 0 Å². The zero-order valence-corrected chi connectivity index (χ0v) is 11.0. The number of halogens is 3. The van der Waals surface area contributed by atoms with E-state index in [1.807, 2.05) is 0 Å². The van der Waals surface area contributed by atoms with E-state index >= 15 is 0 Å². The second-order valence-electron chi connectivity index (χ2n) is 4.08. The molecule has 0 bridgehead atoms. The molecule has 0 spiro atoms.